The fourth-order valence-corrected chi connectivity index (χ4v) is 2.92. The topological polar surface area (TPSA) is 64.0 Å². The van der Waals surface area contributed by atoms with Crippen molar-refractivity contribution < 1.29 is 9.18 Å². The molecular weight excluding hydrogens is 401 g/mol. The first-order valence-electron chi connectivity index (χ1n) is 7.82. The van der Waals surface area contributed by atoms with E-state index < -0.39 is 11.7 Å². The summed E-state index contributed by atoms with van der Waals surface area (Å²) in [5.41, 5.74) is 1.86. The van der Waals surface area contributed by atoms with Crippen LogP contribution in [0, 0.1) is 12.7 Å². The van der Waals surface area contributed by atoms with Crippen molar-refractivity contribution in [3.63, 3.8) is 0 Å². The van der Waals surface area contributed by atoms with Gasteiger partial charge in [0.1, 0.15) is 11.5 Å². The Balaban J connectivity index is 1.84. The van der Waals surface area contributed by atoms with Gasteiger partial charge in [-0.25, -0.2) is 9.07 Å². The molecule has 1 heterocycles. The number of aromatic nitrogens is 2. The number of amides is 1. The third-order valence-corrected chi connectivity index (χ3v) is 4.25. The Morgan fingerprint density at radius 2 is 2.00 bits per heavy atom. The minimum absolute atomic E-state index is 0.0784. The average molecular weight is 416 g/mol. The lowest BCUT2D eigenvalue weighted by atomic mass is 10.2. The van der Waals surface area contributed by atoms with E-state index in [-0.39, 0.29) is 17.8 Å². The molecule has 0 aliphatic rings. The van der Waals surface area contributed by atoms with E-state index >= 15 is 0 Å². The molecule has 132 valence electrons. The average Bonchev–Trinajstić information content (AvgIpc) is 2.59. The van der Waals surface area contributed by atoms with E-state index in [2.05, 4.69) is 26.3 Å². The number of hydrogen-bond donors (Lipinski definition) is 1. The molecule has 0 aliphatic heterocycles. The molecule has 2 aromatic carbocycles. The molecule has 26 heavy (non-hydrogen) atoms. The van der Waals surface area contributed by atoms with Gasteiger partial charge in [-0.05, 0) is 54.4 Å². The summed E-state index contributed by atoms with van der Waals surface area (Å²) in [5.74, 6) is -0.821. The summed E-state index contributed by atoms with van der Waals surface area (Å²) in [4.78, 5) is 24.5. The van der Waals surface area contributed by atoms with Crippen molar-refractivity contribution >= 4 is 27.5 Å². The SMILES string of the molecule is Cc1cc(Br)ccc1NC(=O)c1ccc(=O)n(Cc2cccc(F)c2)n1. The normalized spacial score (nSPS) is 10.6. The molecule has 5 nitrogen and oxygen atoms in total. The van der Waals surface area contributed by atoms with Crippen LogP contribution in [0.2, 0.25) is 0 Å². The quantitative estimate of drug-likeness (QED) is 0.705. The van der Waals surface area contributed by atoms with Crippen LogP contribution in [-0.2, 0) is 6.54 Å². The molecule has 0 radical (unpaired) electrons. The molecule has 1 N–H and O–H groups in total. The number of nitrogens with one attached hydrogen (secondary N) is 1. The molecule has 0 unspecified atom stereocenters. The van der Waals surface area contributed by atoms with E-state index in [0.717, 1.165) is 14.7 Å². The van der Waals surface area contributed by atoms with Crippen molar-refractivity contribution in [2.24, 2.45) is 0 Å². The first-order chi connectivity index (χ1) is 12.4. The van der Waals surface area contributed by atoms with E-state index in [4.69, 9.17) is 0 Å². The molecule has 0 spiro atoms. The van der Waals surface area contributed by atoms with Crippen LogP contribution in [-0.4, -0.2) is 15.7 Å². The Morgan fingerprint density at radius 3 is 2.73 bits per heavy atom. The lowest BCUT2D eigenvalue weighted by Gasteiger charge is -2.10. The molecule has 0 bridgehead atoms. The van der Waals surface area contributed by atoms with Crippen molar-refractivity contribution in [3.05, 3.63) is 92.1 Å². The number of carbonyl (C=O) groups excluding carboxylic acids is 1. The highest BCUT2D eigenvalue weighted by atomic mass is 79.9. The van der Waals surface area contributed by atoms with Crippen LogP contribution in [0.1, 0.15) is 21.6 Å². The van der Waals surface area contributed by atoms with Crippen LogP contribution in [0.25, 0.3) is 0 Å². The summed E-state index contributed by atoms with van der Waals surface area (Å²) in [6.45, 7) is 1.95. The van der Waals surface area contributed by atoms with E-state index in [1.807, 2.05) is 19.1 Å². The number of benzene rings is 2. The highest BCUT2D eigenvalue weighted by molar-refractivity contribution is 9.10. The summed E-state index contributed by atoms with van der Waals surface area (Å²) in [5, 5.41) is 6.88. The molecule has 0 saturated carbocycles. The van der Waals surface area contributed by atoms with Crippen LogP contribution >= 0.6 is 15.9 Å². The van der Waals surface area contributed by atoms with Gasteiger partial charge in [0.15, 0.2) is 0 Å². The van der Waals surface area contributed by atoms with E-state index in [0.29, 0.717) is 11.3 Å². The van der Waals surface area contributed by atoms with Gasteiger partial charge in [0.05, 0.1) is 6.54 Å². The molecule has 3 rings (SSSR count). The zero-order chi connectivity index (χ0) is 18.7. The Labute approximate surface area is 157 Å². The summed E-state index contributed by atoms with van der Waals surface area (Å²) >= 11 is 3.37. The van der Waals surface area contributed by atoms with E-state index in [9.17, 15) is 14.0 Å². The predicted octanol–water partition coefficient (Wildman–Crippen LogP) is 3.75. The standard InChI is InChI=1S/C19H15BrFN3O2/c1-12-9-14(20)5-6-16(12)22-19(26)17-7-8-18(25)24(23-17)11-13-3-2-4-15(21)10-13/h2-10H,11H2,1H3,(H,22,26). The fraction of sp³-hybridized carbons (Fsp3) is 0.105. The minimum atomic E-state index is -0.427. The Hall–Kier alpha value is -2.80. The molecule has 0 fully saturated rings. The second-order valence-corrected chi connectivity index (χ2v) is 6.67. The van der Waals surface area contributed by atoms with Gasteiger partial charge in [-0.2, -0.15) is 5.10 Å². The monoisotopic (exact) mass is 415 g/mol. The van der Waals surface area contributed by atoms with Crippen LogP contribution in [0.5, 0.6) is 0 Å². The second-order valence-electron chi connectivity index (χ2n) is 5.76. The van der Waals surface area contributed by atoms with Crippen molar-refractivity contribution in [1.82, 2.24) is 9.78 Å². The summed E-state index contributed by atoms with van der Waals surface area (Å²) in [7, 11) is 0. The number of halogens is 2. The van der Waals surface area contributed by atoms with Gasteiger partial charge in [0.2, 0.25) is 0 Å². The fourth-order valence-electron chi connectivity index (χ4n) is 2.45. The first kappa shape index (κ1) is 18.0. The van der Waals surface area contributed by atoms with Gasteiger partial charge in [-0.15, -0.1) is 0 Å². The van der Waals surface area contributed by atoms with Crippen molar-refractivity contribution in [2.45, 2.75) is 13.5 Å². The zero-order valence-corrected chi connectivity index (χ0v) is 15.5. The van der Waals surface area contributed by atoms with Gasteiger partial charge in [-0.3, -0.25) is 9.59 Å². The van der Waals surface area contributed by atoms with Gasteiger partial charge in [0, 0.05) is 16.2 Å². The van der Waals surface area contributed by atoms with Crippen LogP contribution in [0.15, 0.2) is 63.9 Å². The minimum Gasteiger partial charge on any atom is -0.320 e. The second kappa shape index (κ2) is 7.61. The highest BCUT2D eigenvalue weighted by Crippen LogP contribution is 2.20. The Bertz CT molecular complexity index is 1030. The van der Waals surface area contributed by atoms with Crippen LogP contribution in [0.4, 0.5) is 10.1 Å². The maximum atomic E-state index is 13.3. The van der Waals surface area contributed by atoms with E-state index in [1.165, 1.54) is 24.3 Å². The highest BCUT2D eigenvalue weighted by Gasteiger charge is 2.12. The lowest BCUT2D eigenvalue weighted by Crippen LogP contribution is -2.26. The molecule has 0 saturated heterocycles. The maximum Gasteiger partial charge on any atom is 0.276 e. The largest absolute Gasteiger partial charge is 0.320 e. The van der Waals surface area contributed by atoms with Crippen molar-refractivity contribution in [1.29, 1.82) is 0 Å². The van der Waals surface area contributed by atoms with Crippen LogP contribution < -0.4 is 10.9 Å². The zero-order valence-electron chi connectivity index (χ0n) is 13.9. The predicted molar refractivity (Wildman–Crippen MR) is 101 cm³/mol. The van der Waals surface area contributed by atoms with Gasteiger partial charge in [-0.1, -0.05) is 28.1 Å². The molecule has 1 amide bonds. The molecule has 7 heteroatoms. The number of hydrogen-bond acceptors (Lipinski definition) is 3. The summed E-state index contributed by atoms with van der Waals surface area (Å²) in [6.07, 6.45) is 0. The molecular formula is C19H15BrFN3O2. The Kier molecular flexibility index (Phi) is 5.27. The summed E-state index contributed by atoms with van der Waals surface area (Å²) < 4.78 is 15.4. The molecule has 0 aliphatic carbocycles. The first-order valence-corrected chi connectivity index (χ1v) is 8.62. The summed E-state index contributed by atoms with van der Waals surface area (Å²) in [6, 6.07) is 14.0. The Morgan fingerprint density at radius 1 is 1.19 bits per heavy atom. The van der Waals surface area contributed by atoms with E-state index in [1.54, 1.807) is 18.2 Å². The van der Waals surface area contributed by atoms with Gasteiger partial charge >= 0.3 is 0 Å². The lowest BCUT2D eigenvalue weighted by molar-refractivity contribution is 0.102. The molecule has 0 atom stereocenters. The van der Waals surface area contributed by atoms with Crippen LogP contribution in [0.3, 0.4) is 0 Å². The number of anilines is 1. The smallest absolute Gasteiger partial charge is 0.276 e. The number of rotatable bonds is 4. The third-order valence-electron chi connectivity index (χ3n) is 3.76. The number of aryl methyl sites for hydroxylation is 1. The molecule has 1 aromatic heterocycles. The van der Waals surface area contributed by atoms with Crippen molar-refractivity contribution in [2.75, 3.05) is 5.32 Å². The third kappa shape index (κ3) is 4.23. The number of carbonyl (C=O) groups is 1. The maximum absolute atomic E-state index is 13.3. The number of nitrogens with zero attached hydrogens (tertiary/aromatic N) is 2. The van der Waals surface area contributed by atoms with Crippen molar-refractivity contribution in [3.8, 4) is 0 Å². The molecule has 3 aromatic rings. The van der Waals surface area contributed by atoms with Gasteiger partial charge < -0.3 is 5.32 Å². The van der Waals surface area contributed by atoms with Gasteiger partial charge in [0.25, 0.3) is 11.5 Å².